The van der Waals surface area contributed by atoms with Gasteiger partial charge in [0, 0.05) is 27.7 Å². The molecular formula is C23H17ClN2O4. The molecule has 0 unspecified atom stereocenters. The zero-order valence-corrected chi connectivity index (χ0v) is 16.7. The van der Waals surface area contributed by atoms with Crippen molar-refractivity contribution in [3.63, 3.8) is 0 Å². The molecule has 1 aromatic heterocycles. The second-order valence-electron chi connectivity index (χ2n) is 6.48. The number of para-hydroxylation sites is 1. The monoisotopic (exact) mass is 420 g/mol. The van der Waals surface area contributed by atoms with Crippen molar-refractivity contribution >= 4 is 45.8 Å². The molecule has 4 aromatic rings. The molecule has 0 spiro atoms. The largest absolute Gasteiger partial charge is 0.494 e. The Bertz CT molecular complexity index is 1200. The minimum absolute atomic E-state index is 0.193. The third-order valence-electron chi connectivity index (χ3n) is 4.46. The van der Waals surface area contributed by atoms with Crippen LogP contribution in [0.15, 0.2) is 77.2 Å². The van der Waals surface area contributed by atoms with Crippen LogP contribution < -0.4 is 15.4 Å². The number of hydrogen-bond donors (Lipinski definition) is 2. The molecule has 0 fully saturated rings. The van der Waals surface area contributed by atoms with Gasteiger partial charge in [0.1, 0.15) is 11.3 Å². The molecule has 0 bridgehead atoms. The van der Waals surface area contributed by atoms with Crippen LogP contribution in [0.5, 0.6) is 5.75 Å². The molecule has 6 nitrogen and oxygen atoms in total. The van der Waals surface area contributed by atoms with Gasteiger partial charge < -0.3 is 19.8 Å². The zero-order chi connectivity index (χ0) is 21.1. The molecule has 0 saturated heterocycles. The van der Waals surface area contributed by atoms with Gasteiger partial charge in [0.05, 0.1) is 12.8 Å². The molecular weight excluding hydrogens is 404 g/mol. The molecule has 0 aliphatic heterocycles. The predicted molar refractivity (Wildman–Crippen MR) is 117 cm³/mol. The van der Waals surface area contributed by atoms with E-state index >= 15 is 0 Å². The molecule has 0 radical (unpaired) electrons. The van der Waals surface area contributed by atoms with E-state index in [2.05, 4.69) is 10.6 Å². The first-order valence-electron chi connectivity index (χ1n) is 9.08. The summed E-state index contributed by atoms with van der Waals surface area (Å²) in [6.07, 6.45) is 0. The maximum Gasteiger partial charge on any atom is 0.291 e. The van der Waals surface area contributed by atoms with Crippen LogP contribution in [0.2, 0.25) is 5.02 Å². The van der Waals surface area contributed by atoms with E-state index in [1.54, 1.807) is 54.6 Å². The molecule has 0 atom stereocenters. The van der Waals surface area contributed by atoms with Crippen molar-refractivity contribution in [2.24, 2.45) is 0 Å². The first-order valence-corrected chi connectivity index (χ1v) is 9.46. The first kappa shape index (κ1) is 19.5. The van der Waals surface area contributed by atoms with Crippen molar-refractivity contribution in [1.82, 2.24) is 0 Å². The van der Waals surface area contributed by atoms with Gasteiger partial charge in [-0.2, -0.15) is 0 Å². The van der Waals surface area contributed by atoms with Crippen molar-refractivity contribution in [3.05, 3.63) is 89.1 Å². The highest BCUT2D eigenvalue weighted by molar-refractivity contribution is 6.30. The average molecular weight is 421 g/mol. The van der Waals surface area contributed by atoms with Gasteiger partial charge in [-0.1, -0.05) is 29.8 Å². The lowest BCUT2D eigenvalue weighted by Gasteiger charge is -2.12. The summed E-state index contributed by atoms with van der Waals surface area (Å²) >= 11 is 5.85. The zero-order valence-electron chi connectivity index (χ0n) is 15.9. The van der Waals surface area contributed by atoms with E-state index in [-0.39, 0.29) is 11.7 Å². The number of halogens is 1. The molecule has 0 aliphatic carbocycles. The highest BCUT2D eigenvalue weighted by Crippen LogP contribution is 2.29. The Hall–Kier alpha value is -3.77. The lowest BCUT2D eigenvalue weighted by atomic mass is 10.2. The number of anilines is 2. The van der Waals surface area contributed by atoms with Crippen LogP contribution in [0, 0.1) is 0 Å². The molecule has 0 aliphatic rings. The molecule has 30 heavy (non-hydrogen) atoms. The van der Waals surface area contributed by atoms with Gasteiger partial charge in [0.2, 0.25) is 0 Å². The summed E-state index contributed by atoms with van der Waals surface area (Å²) in [6.45, 7) is 0. The molecule has 2 amide bonds. The Balaban J connectivity index is 1.51. The van der Waals surface area contributed by atoms with Gasteiger partial charge in [0.25, 0.3) is 11.8 Å². The van der Waals surface area contributed by atoms with E-state index in [1.807, 2.05) is 18.2 Å². The Labute approximate surface area is 177 Å². The number of carbonyl (C=O) groups excluding carboxylic acids is 2. The Morgan fingerprint density at radius 1 is 0.900 bits per heavy atom. The number of carbonyl (C=O) groups is 2. The molecule has 150 valence electrons. The van der Waals surface area contributed by atoms with Crippen LogP contribution >= 0.6 is 11.6 Å². The van der Waals surface area contributed by atoms with E-state index in [0.29, 0.717) is 33.3 Å². The van der Waals surface area contributed by atoms with Gasteiger partial charge in [-0.05, 0) is 48.5 Å². The number of fused-ring (bicyclic) bond motifs is 1. The van der Waals surface area contributed by atoms with Crippen molar-refractivity contribution in [2.75, 3.05) is 17.7 Å². The van der Waals surface area contributed by atoms with E-state index in [4.69, 9.17) is 20.8 Å². The smallest absolute Gasteiger partial charge is 0.291 e. The minimum atomic E-state index is -0.401. The van der Waals surface area contributed by atoms with Crippen LogP contribution in [-0.4, -0.2) is 18.9 Å². The minimum Gasteiger partial charge on any atom is -0.494 e. The first-order chi connectivity index (χ1) is 14.5. The number of furan rings is 1. The molecule has 0 saturated carbocycles. The normalized spacial score (nSPS) is 10.6. The van der Waals surface area contributed by atoms with E-state index in [1.165, 1.54) is 7.11 Å². The molecule has 1 heterocycles. The number of hydrogen-bond acceptors (Lipinski definition) is 4. The summed E-state index contributed by atoms with van der Waals surface area (Å²) in [5, 5.41) is 6.96. The van der Waals surface area contributed by atoms with E-state index in [9.17, 15) is 9.59 Å². The molecule has 3 aromatic carbocycles. The van der Waals surface area contributed by atoms with E-state index < -0.39 is 5.91 Å². The standard InChI is InChI=1S/C23H17ClN2O4/c1-29-20-13-17(25-22(27)14-6-8-16(24)9-7-14)10-11-18(20)26-23(28)21-12-15-4-2-3-5-19(15)30-21/h2-13H,1H3,(H,25,27)(H,26,28). The third kappa shape index (κ3) is 4.14. The van der Waals surface area contributed by atoms with Crippen LogP contribution in [-0.2, 0) is 0 Å². The summed E-state index contributed by atoms with van der Waals surface area (Å²) in [4.78, 5) is 25.0. The van der Waals surface area contributed by atoms with Crippen molar-refractivity contribution < 1.29 is 18.7 Å². The number of benzene rings is 3. The Kier molecular flexibility index (Phi) is 5.41. The number of rotatable bonds is 5. The summed E-state index contributed by atoms with van der Waals surface area (Å²) < 4.78 is 11.0. The van der Waals surface area contributed by atoms with Gasteiger partial charge in [-0.15, -0.1) is 0 Å². The predicted octanol–water partition coefficient (Wildman–Crippen LogP) is 5.60. The van der Waals surface area contributed by atoms with Crippen LogP contribution in [0.1, 0.15) is 20.9 Å². The maximum atomic E-state index is 12.6. The van der Waals surface area contributed by atoms with Crippen LogP contribution in [0.3, 0.4) is 0 Å². The summed E-state index contributed by atoms with van der Waals surface area (Å²) in [5.74, 6) is -0.0954. The Morgan fingerprint density at radius 3 is 2.40 bits per heavy atom. The highest BCUT2D eigenvalue weighted by atomic mass is 35.5. The van der Waals surface area contributed by atoms with E-state index in [0.717, 1.165) is 5.39 Å². The second-order valence-corrected chi connectivity index (χ2v) is 6.92. The number of amides is 2. The van der Waals surface area contributed by atoms with Gasteiger partial charge >= 0.3 is 0 Å². The lowest BCUT2D eigenvalue weighted by molar-refractivity contribution is 0.0996. The van der Waals surface area contributed by atoms with Crippen molar-refractivity contribution in [3.8, 4) is 5.75 Å². The topological polar surface area (TPSA) is 80.6 Å². The quantitative estimate of drug-likeness (QED) is 0.440. The third-order valence-corrected chi connectivity index (χ3v) is 4.72. The average Bonchev–Trinajstić information content (AvgIpc) is 3.19. The molecule has 7 heteroatoms. The number of nitrogens with one attached hydrogen (secondary N) is 2. The summed E-state index contributed by atoms with van der Waals surface area (Å²) in [7, 11) is 1.48. The summed E-state index contributed by atoms with van der Waals surface area (Å²) in [5.41, 5.74) is 2.08. The highest BCUT2D eigenvalue weighted by Gasteiger charge is 2.15. The van der Waals surface area contributed by atoms with Crippen LogP contribution in [0.4, 0.5) is 11.4 Å². The van der Waals surface area contributed by atoms with Crippen LogP contribution in [0.25, 0.3) is 11.0 Å². The fourth-order valence-corrected chi connectivity index (χ4v) is 3.08. The second kappa shape index (κ2) is 8.31. The van der Waals surface area contributed by atoms with Crippen molar-refractivity contribution in [2.45, 2.75) is 0 Å². The summed E-state index contributed by atoms with van der Waals surface area (Å²) in [6, 6.07) is 20.6. The van der Waals surface area contributed by atoms with Gasteiger partial charge in [-0.3, -0.25) is 9.59 Å². The maximum absolute atomic E-state index is 12.6. The fourth-order valence-electron chi connectivity index (χ4n) is 2.95. The number of ether oxygens (including phenoxy) is 1. The van der Waals surface area contributed by atoms with Gasteiger partial charge in [0.15, 0.2) is 5.76 Å². The fraction of sp³-hybridized carbons (Fsp3) is 0.0435. The lowest BCUT2D eigenvalue weighted by Crippen LogP contribution is -2.13. The Morgan fingerprint density at radius 2 is 1.67 bits per heavy atom. The molecule has 4 rings (SSSR count). The van der Waals surface area contributed by atoms with Gasteiger partial charge in [-0.25, -0.2) is 0 Å². The molecule has 2 N–H and O–H groups in total. The number of methoxy groups -OCH3 is 1. The van der Waals surface area contributed by atoms with Crippen molar-refractivity contribution in [1.29, 1.82) is 0 Å². The SMILES string of the molecule is COc1cc(NC(=O)c2ccc(Cl)cc2)ccc1NC(=O)c1cc2ccccc2o1.